The first kappa shape index (κ1) is 21.0. The average molecular weight is 428 g/mol. The lowest BCUT2D eigenvalue weighted by atomic mass is 10.2. The van der Waals surface area contributed by atoms with Crippen LogP contribution in [0.4, 0.5) is 8.78 Å². The molecule has 4 nitrogen and oxygen atoms in total. The summed E-state index contributed by atoms with van der Waals surface area (Å²) >= 11 is 0. The SMILES string of the molecule is Fc1ccc(C#Cc2cc(OCc3ccccc3)c(OCc3ccccc3)nn2)c(F)c1. The van der Waals surface area contributed by atoms with E-state index in [-0.39, 0.29) is 17.1 Å². The summed E-state index contributed by atoms with van der Waals surface area (Å²) in [7, 11) is 0. The third-order valence-corrected chi connectivity index (χ3v) is 4.44. The van der Waals surface area contributed by atoms with Crippen molar-refractivity contribution >= 4 is 0 Å². The van der Waals surface area contributed by atoms with Gasteiger partial charge in [-0.3, -0.25) is 0 Å². The second kappa shape index (κ2) is 10.2. The predicted octanol–water partition coefficient (Wildman–Crippen LogP) is 5.31. The molecule has 0 fully saturated rings. The van der Waals surface area contributed by atoms with Crippen molar-refractivity contribution in [2.75, 3.05) is 0 Å². The van der Waals surface area contributed by atoms with Crippen LogP contribution in [0.2, 0.25) is 0 Å². The number of benzene rings is 3. The van der Waals surface area contributed by atoms with E-state index in [9.17, 15) is 8.78 Å². The molecule has 32 heavy (non-hydrogen) atoms. The Balaban J connectivity index is 1.57. The van der Waals surface area contributed by atoms with Crippen LogP contribution in [0.3, 0.4) is 0 Å². The Morgan fingerprint density at radius 3 is 2.00 bits per heavy atom. The van der Waals surface area contributed by atoms with E-state index in [1.54, 1.807) is 6.07 Å². The fourth-order valence-corrected chi connectivity index (χ4v) is 2.81. The van der Waals surface area contributed by atoms with Crippen LogP contribution in [-0.4, -0.2) is 10.2 Å². The van der Waals surface area contributed by atoms with Gasteiger partial charge in [0.05, 0.1) is 5.56 Å². The number of aromatic nitrogens is 2. The molecule has 0 aliphatic carbocycles. The van der Waals surface area contributed by atoms with Crippen LogP contribution in [-0.2, 0) is 13.2 Å². The molecular weight excluding hydrogens is 410 g/mol. The normalized spacial score (nSPS) is 10.2. The van der Waals surface area contributed by atoms with Crippen LogP contribution in [0.25, 0.3) is 0 Å². The van der Waals surface area contributed by atoms with Gasteiger partial charge in [0.2, 0.25) is 0 Å². The van der Waals surface area contributed by atoms with Gasteiger partial charge in [0.25, 0.3) is 5.88 Å². The zero-order chi connectivity index (χ0) is 22.2. The minimum absolute atomic E-state index is 0.0596. The average Bonchev–Trinajstić information content (AvgIpc) is 2.83. The minimum atomic E-state index is -0.742. The third-order valence-electron chi connectivity index (χ3n) is 4.44. The molecule has 0 aliphatic rings. The summed E-state index contributed by atoms with van der Waals surface area (Å²) in [5, 5.41) is 8.15. The molecule has 0 N–H and O–H groups in total. The van der Waals surface area contributed by atoms with Crippen molar-refractivity contribution < 1.29 is 18.3 Å². The molecule has 1 heterocycles. The van der Waals surface area contributed by atoms with Gasteiger partial charge in [-0.05, 0) is 29.2 Å². The van der Waals surface area contributed by atoms with Gasteiger partial charge in [0.1, 0.15) is 30.5 Å². The first-order valence-corrected chi connectivity index (χ1v) is 9.85. The Hall–Kier alpha value is -4.24. The number of halogens is 2. The lowest BCUT2D eigenvalue weighted by molar-refractivity contribution is 0.244. The molecule has 0 atom stereocenters. The molecule has 4 aromatic rings. The number of hydrogen-bond donors (Lipinski definition) is 0. The number of rotatable bonds is 6. The van der Waals surface area contributed by atoms with E-state index in [1.807, 2.05) is 60.7 Å². The molecular formula is C26H18F2N2O2. The molecule has 0 aliphatic heterocycles. The van der Waals surface area contributed by atoms with Crippen molar-refractivity contribution in [2.24, 2.45) is 0 Å². The Labute approximate surface area is 184 Å². The van der Waals surface area contributed by atoms with Gasteiger partial charge in [-0.1, -0.05) is 66.6 Å². The van der Waals surface area contributed by atoms with Crippen LogP contribution in [0.1, 0.15) is 22.4 Å². The summed E-state index contributed by atoms with van der Waals surface area (Å²) in [5.74, 6) is 4.57. The molecule has 0 saturated carbocycles. The van der Waals surface area contributed by atoms with Gasteiger partial charge in [-0.25, -0.2) is 8.78 Å². The summed E-state index contributed by atoms with van der Waals surface area (Å²) in [6, 6.07) is 24.1. The Bertz CT molecular complexity index is 1250. The van der Waals surface area contributed by atoms with Gasteiger partial charge in [-0.2, -0.15) is 0 Å². The van der Waals surface area contributed by atoms with Crippen LogP contribution >= 0.6 is 0 Å². The van der Waals surface area contributed by atoms with Crippen molar-refractivity contribution in [1.82, 2.24) is 10.2 Å². The molecule has 158 valence electrons. The highest BCUT2D eigenvalue weighted by molar-refractivity contribution is 5.44. The van der Waals surface area contributed by atoms with Gasteiger partial charge >= 0.3 is 0 Å². The van der Waals surface area contributed by atoms with Crippen molar-refractivity contribution in [2.45, 2.75) is 13.2 Å². The first-order chi connectivity index (χ1) is 15.7. The molecule has 0 amide bonds. The highest BCUT2D eigenvalue weighted by atomic mass is 19.1. The molecule has 0 bridgehead atoms. The van der Waals surface area contributed by atoms with E-state index < -0.39 is 11.6 Å². The maximum atomic E-state index is 13.8. The van der Waals surface area contributed by atoms with E-state index in [1.165, 1.54) is 6.07 Å². The number of nitrogens with zero attached hydrogens (tertiary/aromatic N) is 2. The summed E-state index contributed by atoms with van der Waals surface area (Å²) in [6.07, 6.45) is 0. The van der Waals surface area contributed by atoms with Crippen LogP contribution in [0, 0.1) is 23.5 Å². The van der Waals surface area contributed by atoms with Gasteiger partial charge in [0.15, 0.2) is 5.75 Å². The van der Waals surface area contributed by atoms with Crippen LogP contribution in [0.5, 0.6) is 11.6 Å². The zero-order valence-electron chi connectivity index (χ0n) is 17.0. The Morgan fingerprint density at radius 2 is 1.34 bits per heavy atom. The topological polar surface area (TPSA) is 44.2 Å². The van der Waals surface area contributed by atoms with Gasteiger partial charge in [-0.15, -0.1) is 10.2 Å². The molecule has 0 radical (unpaired) electrons. The summed E-state index contributed by atoms with van der Waals surface area (Å²) < 4.78 is 38.7. The van der Waals surface area contributed by atoms with Crippen molar-refractivity contribution in [3.8, 4) is 23.5 Å². The van der Waals surface area contributed by atoms with E-state index in [2.05, 4.69) is 22.0 Å². The van der Waals surface area contributed by atoms with Crippen LogP contribution in [0.15, 0.2) is 84.9 Å². The van der Waals surface area contributed by atoms with E-state index >= 15 is 0 Å². The highest BCUT2D eigenvalue weighted by Gasteiger charge is 2.11. The fourth-order valence-electron chi connectivity index (χ4n) is 2.81. The summed E-state index contributed by atoms with van der Waals surface area (Å²) in [5.41, 5.74) is 2.27. The molecule has 3 aromatic carbocycles. The largest absolute Gasteiger partial charge is 0.483 e. The number of ether oxygens (including phenoxy) is 2. The molecule has 1 aromatic heterocycles. The number of hydrogen-bond acceptors (Lipinski definition) is 4. The summed E-state index contributed by atoms with van der Waals surface area (Å²) in [6.45, 7) is 0.594. The van der Waals surface area contributed by atoms with E-state index in [0.717, 1.165) is 23.3 Å². The molecule has 6 heteroatoms. The Kier molecular flexibility index (Phi) is 6.69. The smallest absolute Gasteiger partial charge is 0.276 e. The van der Waals surface area contributed by atoms with Crippen LogP contribution < -0.4 is 9.47 Å². The monoisotopic (exact) mass is 428 g/mol. The standard InChI is InChI=1S/C26H18F2N2O2/c27-22-13-11-21(24(28)15-22)12-14-23-16-25(31-17-19-7-3-1-4-8-19)26(30-29-23)32-18-20-9-5-2-6-10-20/h1-11,13,15-16H,17-18H2. The molecule has 0 spiro atoms. The first-order valence-electron chi connectivity index (χ1n) is 9.85. The second-order valence-electron chi connectivity index (χ2n) is 6.82. The van der Waals surface area contributed by atoms with Gasteiger partial charge in [0, 0.05) is 12.1 Å². The molecule has 0 saturated heterocycles. The van der Waals surface area contributed by atoms with E-state index in [4.69, 9.17) is 9.47 Å². The molecule has 4 rings (SSSR count). The summed E-state index contributed by atoms with van der Waals surface area (Å²) in [4.78, 5) is 0. The van der Waals surface area contributed by atoms with Crippen molar-refractivity contribution in [1.29, 1.82) is 0 Å². The predicted molar refractivity (Wildman–Crippen MR) is 116 cm³/mol. The highest BCUT2D eigenvalue weighted by Crippen LogP contribution is 2.26. The maximum absolute atomic E-state index is 13.8. The van der Waals surface area contributed by atoms with Gasteiger partial charge < -0.3 is 9.47 Å². The quantitative estimate of drug-likeness (QED) is 0.390. The minimum Gasteiger partial charge on any atom is -0.483 e. The fraction of sp³-hybridized carbons (Fsp3) is 0.0769. The van der Waals surface area contributed by atoms with E-state index in [0.29, 0.717) is 19.0 Å². The lowest BCUT2D eigenvalue weighted by Gasteiger charge is -2.11. The van der Waals surface area contributed by atoms with Crippen molar-refractivity contribution in [3.05, 3.63) is 119 Å². The Morgan fingerprint density at radius 1 is 0.688 bits per heavy atom. The molecule has 0 unspecified atom stereocenters. The third kappa shape index (κ3) is 5.67. The second-order valence-corrected chi connectivity index (χ2v) is 6.82. The zero-order valence-corrected chi connectivity index (χ0v) is 17.0. The maximum Gasteiger partial charge on any atom is 0.276 e. The van der Waals surface area contributed by atoms with Crippen molar-refractivity contribution in [3.63, 3.8) is 0 Å². The lowest BCUT2D eigenvalue weighted by Crippen LogP contribution is -2.04.